The Morgan fingerprint density at radius 3 is 2.75 bits per heavy atom. The number of halogens is 2. The Labute approximate surface area is 122 Å². The molecule has 20 heavy (non-hydrogen) atoms. The number of pyridine rings is 2. The van der Waals surface area contributed by atoms with Gasteiger partial charge in [-0.3, -0.25) is 4.98 Å². The second-order valence-corrected chi connectivity index (χ2v) is 5.03. The lowest BCUT2D eigenvalue weighted by atomic mass is 10.2. The van der Waals surface area contributed by atoms with E-state index in [1.165, 1.54) is 18.2 Å². The van der Waals surface area contributed by atoms with Crippen LogP contribution in [0.15, 0.2) is 47.2 Å². The van der Waals surface area contributed by atoms with Crippen LogP contribution in [0.2, 0.25) is 0 Å². The van der Waals surface area contributed by atoms with Crippen molar-refractivity contribution in [2.75, 3.05) is 5.73 Å². The molecule has 6 heteroatoms. The molecule has 2 aromatic heterocycles. The van der Waals surface area contributed by atoms with Crippen LogP contribution in [0, 0.1) is 5.82 Å². The van der Waals surface area contributed by atoms with Gasteiger partial charge in [0.1, 0.15) is 11.3 Å². The zero-order valence-corrected chi connectivity index (χ0v) is 11.8. The van der Waals surface area contributed by atoms with Crippen molar-refractivity contribution < 1.29 is 9.13 Å². The number of hydrogen-bond donors (Lipinski definition) is 1. The van der Waals surface area contributed by atoms with Crippen molar-refractivity contribution in [1.82, 2.24) is 9.97 Å². The predicted octanol–water partition coefficient (Wildman–Crippen LogP) is 3.91. The van der Waals surface area contributed by atoms with Gasteiger partial charge in [0.2, 0.25) is 0 Å². The van der Waals surface area contributed by atoms with Gasteiger partial charge in [-0.05, 0) is 34.1 Å². The molecule has 0 radical (unpaired) electrons. The molecule has 3 aromatic rings. The summed E-state index contributed by atoms with van der Waals surface area (Å²) in [5.41, 5.74) is 7.26. The maximum absolute atomic E-state index is 13.0. The van der Waals surface area contributed by atoms with E-state index >= 15 is 0 Å². The molecule has 0 fully saturated rings. The van der Waals surface area contributed by atoms with Crippen LogP contribution in [0.5, 0.6) is 11.5 Å². The molecular formula is C14H9BrFN3O. The summed E-state index contributed by atoms with van der Waals surface area (Å²) in [6.07, 6.45) is 3.27. The molecular weight excluding hydrogens is 325 g/mol. The molecule has 3 rings (SSSR count). The van der Waals surface area contributed by atoms with E-state index in [4.69, 9.17) is 10.5 Å². The fourth-order valence-corrected chi connectivity index (χ4v) is 2.11. The minimum atomic E-state index is -0.406. The maximum atomic E-state index is 13.0. The average Bonchev–Trinajstić information content (AvgIpc) is 2.41. The van der Waals surface area contributed by atoms with Crippen molar-refractivity contribution in [3.63, 3.8) is 0 Å². The van der Waals surface area contributed by atoms with Crippen molar-refractivity contribution in [2.45, 2.75) is 0 Å². The third-order valence-electron chi connectivity index (χ3n) is 2.70. The summed E-state index contributed by atoms with van der Waals surface area (Å²) >= 11 is 3.34. The summed E-state index contributed by atoms with van der Waals surface area (Å²) in [6, 6.07) is 7.51. The van der Waals surface area contributed by atoms with Crippen molar-refractivity contribution in [3.05, 3.63) is 53.0 Å². The minimum absolute atomic E-state index is 0.229. The molecule has 0 spiro atoms. The molecule has 2 N–H and O–H groups in total. The monoisotopic (exact) mass is 333 g/mol. The molecule has 0 bridgehead atoms. The van der Waals surface area contributed by atoms with Crippen LogP contribution in [0.1, 0.15) is 0 Å². The fourth-order valence-electron chi connectivity index (χ4n) is 1.79. The van der Waals surface area contributed by atoms with E-state index in [-0.39, 0.29) is 5.69 Å². The second kappa shape index (κ2) is 5.05. The molecule has 0 aliphatic carbocycles. The highest BCUT2D eigenvalue weighted by atomic mass is 79.9. The van der Waals surface area contributed by atoms with Gasteiger partial charge < -0.3 is 10.5 Å². The predicted molar refractivity (Wildman–Crippen MR) is 78.1 cm³/mol. The van der Waals surface area contributed by atoms with E-state index in [1.54, 1.807) is 18.5 Å². The lowest BCUT2D eigenvalue weighted by Gasteiger charge is -2.10. The molecule has 0 unspecified atom stereocenters. The number of benzene rings is 1. The highest BCUT2D eigenvalue weighted by molar-refractivity contribution is 9.10. The quantitative estimate of drug-likeness (QED) is 0.722. The first-order valence-corrected chi connectivity index (χ1v) is 6.56. The number of ether oxygens (including phenoxy) is 1. The molecule has 4 nitrogen and oxygen atoms in total. The lowest BCUT2D eigenvalue weighted by Crippen LogP contribution is -1.95. The van der Waals surface area contributed by atoms with Crippen LogP contribution in [0.25, 0.3) is 11.0 Å². The molecule has 1 aromatic carbocycles. The van der Waals surface area contributed by atoms with Crippen molar-refractivity contribution >= 4 is 32.7 Å². The van der Waals surface area contributed by atoms with E-state index in [0.717, 1.165) is 4.47 Å². The fraction of sp³-hybridized carbons (Fsp3) is 0. The van der Waals surface area contributed by atoms with Crippen LogP contribution >= 0.6 is 15.9 Å². The SMILES string of the molecule is Nc1cc(F)ccc1Oc1ccnc2cc(Br)cnc12. The van der Waals surface area contributed by atoms with Gasteiger partial charge in [0, 0.05) is 29.0 Å². The summed E-state index contributed by atoms with van der Waals surface area (Å²) in [7, 11) is 0. The van der Waals surface area contributed by atoms with Gasteiger partial charge in [-0.15, -0.1) is 0 Å². The first-order chi connectivity index (χ1) is 9.63. The second-order valence-electron chi connectivity index (χ2n) is 4.11. The summed E-state index contributed by atoms with van der Waals surface area (Å²) in [5.74, 6) is 0.487. The topological polar surface area (TPSA) is 61.0 Å². The minimum Gasteiger partial charge on any atom is -0.453 e. The Bertz CT molecular complexity index is 794. The Balaban J connectivity index is 2.06. The normalized spacial score (nSPS) is 10.7. The highest BCUT2D eigenvalue weighted by Gasteiger charge is 2.09. The van der Waals surface area contributed by atoms with Crippen molar-refractivity contribution in [2.24, 2.45) is 0 Å². The maximum Gasteiger partial charge on any atom is 0.156 e. The first kappa shape index (κ1) is 12.8. The zero-order chi connectivity index (χ0) is 14.1. The number of fused-ring (bicyclic) bond motifs is 1. The summed E-state index contributed by atoms with van der Waals surface area (Å²) < 4.78 is 19.6. The third-order valence-corrected chi connectivity index (χ3v) is 3.13. The van der Waals surface area contributed by atoms with Gasteiger partial charge in [-0.1, -0.05) is 0 Å². The van der Waals surface area contributed by atoms with Gasteiger partial charge in [0.15, 0.2) is 11.5 Å². The van der Waals surface area contributed by atoms with Crippen LogP contribution < -0.4 is 10.5 Å². The number of rotatable bonds is 2. The van der Waals surface area contributed by atoms with E-state index in [9.17, 15) is 4.39 Å². The van der Waals surface area contributed by atoms with Gasteiger partial charge in [-0.25, -0.2) is 9.37 Å². The third kappa shape index (κ3) is 2.42. The number of nitrogens with zero attached hydrogens (tertiary/aromatic N) is 2. The van der Waals surface area contributed by atoms with Crippen LogP contribution in [0.4, 0.5) is 10.1 Å². The lowest BCUT2D eigenvalue weighted by molar-refractivity contribution is 0.487. The number of nitrogens with two attached hydrogens (primary N) is 1. The summed E-state index contributed by atoms with van der Waals surface area (Å²) in [4.78, 5) is 8.49. The van der Waals surface area contributed by atoms with Crippen molar-refractivity contribution in [1.29, 1.82) is 0 Å². The molecule has 0 aliphatic heterocycles. The van der Waals surface area contributed by atoms with E-state index in [1.807, 2.05) is 6.07 Å². The van der Waals surface area contributed by atoms with E-state index in [0.29, 0.717) is 22.5 Å². The molecule has 0 saturated carbocycles. The average molecular weight is 334 g/mol. The van der Waals surface area contributed by atoms with Crippen LogP contribution in [0.3, 0.4) is 0 Å². The van der Waals surface area contributed by atoms with Gasteiger partial charge in [0.05, 0.1) is 11.2 Å². The molecule has 0 saturated heterocycles. The van der Waals surface area contributed by atoms with Gasteiger partial charge in [0.25, 0.3) is 0 Å². The Morgan fingerprint density at radius 2 is 1.95 bits per heavy atom. The zero-order valence-electron chi connectivity index (χ0n) is 10.2. The standard InChI is InChI=1S/C14H9BrFN3O/c15-8-5-11-14(19-7-8)13(3-4-18-11)20-12-2-1-9(16)6-10(12)17/h1-7H,17H2. The Hall–Kier alpha value is -2.21. The molecule has 2 heterocycles. The number of nitrogen functional groups attached to an aromatic ring is 1. The number of anilines is 1. The van der Waals surface area contributed by atoms with Gasteiger partial charge in [-0.2, -0.15) is 0 Å². The first-order valence-electron chi connectivity index (χ1n) is 5.76. The molecule has 0 amide bonds. The smallest absolute Gasteiger partial charge is 0.156 e. The Morgan fingerprint density at radius 1 is 1.10 bits per heavy atom. The number of aromatic nitrogens is 2. The molecule has 0 atom stereocenters. The van der Waals surface area contributed by atoms with Gasteiger partial charge >= 0.3 is 0 Å². The van der Waals surface area contributed by atoms with Crippen LogP contribution in [-0.2, 0) is 0 Å². The number of hydrogen-bond acceptors (Lipinski definition) is 4. The van der Waals surface area contributed by atoms with Crippen molar-refractivity contribution in [3.8, 4) is 11.5 Å². The Kier molecular flexibility index (Phi) is 3.23. The summed E-state index contributed by atoms with van der Waals surface area (Å²) in [6.45, 7) is 0. The van der Waals surface area contributed by atoms with Crippen LogP contribution in [-0.4, -0.2) is 9.97 Å². The summed E-state index contributed by atoms with van der Waals surface area (Å²) in [5, 5.41) is 0. The van der Waals surface area contributed by atoms with E-state index < -0.39 is 5.82 Å². The molecule has 100 valence electrons. The largest absolute Gasteiger partial charge is 0.453 e. The van der Waals surface area contributed by atoms with E-state index in [2.05, 4.69) is 25.9 Å². The highest BCUT2D eigenvalue weighted by Crippen LogP contribution is 2.31. The molecule has 0 aliphatic rings.